The van der Waals surface area contributed by atoms with Crippen molar-refractivity contribution < 1.29 is 27.5 Å². The lowest BCUT2D eigenvalue weighted by Gasteiger charge is -2.22. The molecule has 9 heteroatoms. The standard InChI is InChI=1S/C27H28N2O6S/c1-20-12-14-24(15-13-20)36(32,33)28-23-16-25(26(30)34-18-21-8-4-2-5-9-21)29(17-23)27(31)35-19-22-10-6-3-7-11-22/h2-15,23,25,28H,16-19H2,1H3/t23-,25-/m0/s1. The highest BCUT2D eigenvalue weighted by molar-refractivity contribution is 7.89. The van der Waals surface area contributed by atoms with Gasteiger partial charge in [0, 0.05) is 12.6 Å². The Morgan fingerprint density at radius 1 is 0.861 bits per heavy atom. The number of nitrogens with zero attached hydrogens (tertiary/aromatic N) is 1. The molecule has 0 aliphatic carbocycles. The van der Waals surface area contributed by atoms with Gasteiger partial charge in [0.15, 0.2) is 0 Å². The number of aryl methyl sites for hydroxylation is 1. The van der Waals surface area contributed by atoms with Gasteiger partial charge in [-0.15, -0.1) is 0 Å². The second-order valence-electron chi connectivity index (χ2n) is 8.67. The minimum Gasteiger partial charge on any atom is -0.459 e. The smallest absolute Gasteiger partial charge is 0.410 e. The average molecular weight is 509 g/mol. The molecular formula is C27H28N2O6S. The van der Waals surface area contributed by atoms with Gasteiger partial charge in [-0.1, -0.05) is 78.4 Å². The Kier molecular flexibility index (Phi) is 8.02. The van der Waals surface area contributed by atoms with Gasteiger partial charge >= 0.3 is 12.1 Å². The number of ether oxygens (including phenoxy) is 2. The zero-order chi connectivity index (χ0) is 25.5. The van der Waals surface area contributed by atoms with Crippen LogP contribution in [0.3, 0.4) is 0 Å². The maximum absolute atomic E-state index is 13.0. The van der Waals surface area contributed by atoms with E-state index in [0.29, 0.717) is 0 Å². The molecule has 0 aromatic heterocycles. The third-order valence-electron chi connectivity index (χ3n) is 5.89. The third kappa shape index (κ3) is 6.50. The van der Waals surface area contributed by atoms with Crippen LogP contribution in [0.5, 0.6) is 0 Å². The summed E-state index contributed by atoms with van der Waals surface area (Å²) in [5, 5.41) is 0. The molecular weight excluding hydrogens is 480 g/mol. The number of likely N-dealkylation sites (tertiary alicyclic amines) is 1. The summed E-state index contributed by atoms with van der Waals surface area (Å²) in [4.78, 5) is 27.3. The summed E-state index contributed by atoms with van der Waals surface area (Å²) < 4.78 is 39.3. The summed E-state index contributed by atoms with van der Waals surface area (Å²) in [5.41, 5.74) is 2.53. The van der Waals surface area contributed by atoms with E-state index >= 15 is 0 Å². The third-order valence-corrected chi connectivity index (χ3v) is 7.43. The highest BCUT2D eigenvalue weighted by Crippen LogP contribution is 2.23. The van der Waals surface area contributed by atoms with E-state index in [1.54, 1.807) is 12.1 Å². The highest BCUT2D eigenvalue weighted by Gasteiger charge is 2.43. The van der Waals surface area contributed by atoms with Gasteiger partial charge in [0.1, 0.15) is 19.3 Å². The fourth-order valence-corrected chi connectivity index (χ4v) is 5.22. The van der Waals surface area contributed by atoms with Crippen molar-refractivity contribution in [1.82, 2.24) is 9.62 Å². The molecule has 0 unspecified atom stereocenters. The number of carbonyl (C=O) groups excluding carboxylic acids is 2. The van der Waals surface area contributed by atoms with Crippen molar-refractivity contribution in [2.24, 2.45) is 0 Å². The Hall–Kier alpha value is -3.69. The lowest BCUT2D eigenvalue weighted by molar-refractivity contribution is -0.149. The summed E-state index contributed by atoms with van der Waals surface area (Å²) in [6.07, 6.45) is -0.642. The maximum atomic E-state index is 13.0. The van der Waals surface area contributed by atoms with Gasteiger partial charge in [0.05, 0.1) is 4.90 Å². The van der Waals surface area contributed by atoms with Gasteiger partial charge in [0.25, 0.3) is 0 Å². The SMILES string of the molecule is Cc1ccc(S(=O)(=O)N[C@H]2C[C@@H](C(=O)OCc3ccccc3)N(C(=O)OCc3ccccc3)C2)cc1. The number of rotatable bonds is 8. The minimum absolute atomic E-state index is 0.0240. The first-order valence-electron chi connectivity index (χ1n) is 11.6. The van der Waals surface area contributed by atoms with Crippen LogP contribution in [-0.4, -0.2) is 44.0 Å². The molecule has 1 amide bonds. The van der Waals surface area contributed by atoms with E-state index in [1.165, 1.54) is 17.0 Å². The van der Waals surface area contributed by atoms with Crippen LogP contribution in [0.25, 0.3) is 0 Å². The zero-order valence-electron chi connectivity index (χ0n) is 19.9. The lowest BCUT2D eigenvalue weighted by atomic mass is 10.2. The number of hydrogen-bond acceptors (Lipinski definition) is 6. The van der Waals surface area contributed by atoms with Gasteiger partial charge in [-0.3, -0.25) is 4.90 Å². The van der Waals surface area contributed by atoms with Crippen LogP contribution in [0.2, 0.25) is 0 Å². The molecule has 36 heavy (non-hydrogen) atoms. The quantitative estimate of drug-likeness (QED) is 0.465. The molecule has 3 aromatic rings. The Labute approximate surface area is 210 Å². The van der Waals surface area contributed by atoms with Crippen molar-refractivity contribution in [3.8, 4) is 0 Å². The average Bonchev–Trinajstić information content (AvgIpc) is 3.30. The van der Waals surface area contributed by atoms with E-state index < -0.39 is 34.2 Å². The van der Waals surface area contributed by atoms with Crippen molar-refractivity contribution in [3.05, 3.63) is 102 Å². The Bertz CT molecular complexity index is 1220. The van der Waals surface area contributed by atoms with Gasteiger partial charge in [-0.25, -0.2) is 22.7 Å². The molecule has 188 valence electrons. The van der Waals surface area contributed by atoms with Gasteiger partial charge in [-0.05, 0) is 36.6 Å². The summed E-state index contributed by atoms with van der Waals surface area (Å²) in [6.45, 7) is 1.92. The van der Waals surface area contributed by atoms with Gasteiger partial charge < -0.3 is 9.47 Å². The molecule has 0 saturated carbocycles. The van der Waals surface area contributed by atoms with Crippen molar-refractivity contribution in [2.75, 3.05) is 6.54 Å². The molecule has 1 aliphatic heterocycles. The molecule has 0 radical (unpaired) electrons. The second-order valence-corrected chi connectivity index (χ2v) is 10.4. The zero-order valence-corrected chi connectivity index (χ0v) is 20.7. The normalized spacial score (nSPS) is 17.5. The number of hydrogen-bond donors (Lipinski definition) is 1. The van der Waals surface area contributed by atoms with E-state index in [4.69, 9.17) is 9.47 Å². The first kappa shape index (κ1) is 25.4. The fraction of sp³-hybridized carbons (Fsp3) is 0.259. The van der Waals surface area contributed by atoms with Crippen molar-refractivity contribution >= 4 is 22.1 Å². The van der Waals surface area contributed by atoms with Gasteiger partial charge in [-0.2, -0.15) is 0 Å². The lowest BCUT2D eigenvalue weighted by Crippen LogP contribution is -2.42. The molecule has 1 fully saturated rings. The van der Waals surface area contributed by atoms with Crippen molar-refractivity contribution in [1.29, 1.82) is 0 Å². The summed E-state index contributed by atoms with van der Waals surface area (Å²) >= 11 is 0. The molecule has 3 aromatic carbocycles. The van der Waals surface area contributed by atoms with E-state index in [-0.39, 0.29) is 31.1 Å². The summed E-state index contributed by atoms with van der Waals surface area (Å²) in [6, 6.07) is 23.1. The second kappa shape index (κ2) is 11.4. The van der Waals surface area contributed by atoms with Crippen LogP contribution in [0.1, 0.15) is 23.1 Å². The van der Waals surface area contributed by atoms with E-state index in [1.807, 2.05) is 67.6 Å². The monoisotopic (exact) mass is 508 g/mol. The molecule has 4 rings (SSSR count). The number of carbonyl (C=O) groups is 2. The number of sulfonamides is 1. The molecule has 0 bridgehead atoms. The van der Waals surface area contributed by atoms with Crippen LogP contribution >= 0.6 is 0 Å². The number of amides is 1. The summed E-state index contributed by atoms with van der Waals surface area (Å²) in [7, 11) is -3.85. The number of nitrogens with one attached hydrogen (secondary N) is 1. The number of benzene rings is 3. The molecule has 8 nitrogen and oxygen atoms in total. The Morgan fingerprint density at radius 3 is 2.00 bits per heavy atom. The van der Waals surface area contributed by atoms with Crippen LogP contribution < -0.4 is 4.72 Å². The van der Waals surface area contributed by atoms with Crippen molar-refractivity contribution in [2.45, 2.75) is 43.5 Å². The molecule has 1 aliphatic rings. The molecule has 0 spiro atoms. The van der Waals surface area contributed by atoms with Crippen LogP contribution in [0.15, 0.2) is 89.8 Å². The molecule has 1 N–H and O–H groups in total. The molecule has 1 heterocycles. The van der Waals surface area contributed by atoms with Crippen LogP contribution in [-0.2, 0) is 37.5 Å². The maximum Gasteiger partial charge on any atom is 0.410 e. The highest BCUT2D eigenvalue weighted by atomic mass is 32.2. The molecule has 1 saturated heterocycles. The Morgan fingerprint density at radius 2 is 1.42 bits per heavy atom. The topological polar surface area (TPSA) is 102 Å². The Balaban J connectivity index is 1.47. The van der Waals surface area contributed by atoms with E-state index in [9.17, 15) is 18.0 Å². The van der Waals surface area contributed by atoms with Crippen LogP contribution in [0.4, 0.5) is 4.79 Å². The van der Waals surface area contributed by atoms with E-state index in [2.05, 4.69) is 4.72 Å². The van der Waals surface area contributed by atoms with E-state index in [0.717, 1.165) is 16.7 Å². The first-order valence-corrected chi connectivity index (χ1v) is 13.1. The predicted molar refractivity (Wildman–Crippen MR) is 133 cm³/mol. The predicted octanol–water partition coefficient (Wildman–Crippen LogP) is 3.80. The summed E-state index contributed by atoms with van der Waals surface area (Å²) in [5.74, 6) is -0.618. The largest absolute Gasteiger partial charge is 0.459 e. The van der Waals surface area contributed by atoms with Gasteiger partial charge in [0.2, 0.25) is 10.0 Å². The number of esters is 1. The molecule has 2 atom stereocenters. The first-order chi connectivity index (χ1) is 17.3. The minimum atomic E-state index is -3.85. The fourth-order valence-electron chi connectivity index (χ4n) is 3.98. The van der Waals surface area contributed by atoms with Crippen molar-refractivity contribution in [3.63, 3.8) is 0 Å². The van der Waals surface area contributed by atoms with Crippen LogP contribution in [0, 0.1) is 6.92 Å².